The van der Waals surface area contributed by atoms with Gasteiger partial charge in [-0.3, -0.25) is 9.88 Å². The van der Waals surface area contributed by atoms with Crippen molar-refractivity contribution in [3.8, 4) is 5.75 Å². The third-order valence-electron chi connectivity index (χ3n) is 5.79. The summed E-state index contributed by atoms with van der Waals surface area (Å²) in [7, 11) is 1.75. The highest BCUT2D eigenvalue weighted by molar-refractivity contribution is 5.57. The average molecular weight is 323 g/mol. The van der Waals surface area contributed by atoms with Crippen LogP contribution in [0, 0.1) is 5.92 Å². The van der Waals surface area contributed by atoms with Crippen LogP contribution in [0.3, 0.4) is 0 Å². The fourth-order valence-electron chi connectivity index (χ4n) is 4.69. The molecule has 3 fully saturated rings. The quantitative estimate of drug-likeness (QED) is 0.879. The molecule has 3 aliphatic rings. The van der Waals surface area contributed by atoms with Crippen molar-refractivity contribution in [1.82, 2.24) is 9.88 Å². The Balaban J connectivity index is 1.74. The first-order valence-electron chi connectivity index (χ1n) is 8.83. The van der Waals surface area contributed by atoms with E-state index >= 15 is 0 Å². The molecule has 2 aromatic rings. The molecule has 3 saturated heterocycles. The number of benzene rings is 1. The molecular weight excluding hydrogens is 298 g/mol. The Morgan fingerprint density at radius 2 is 2.04 bits per heavy atom. The highest BCUT2D eigenvalue weighted by atomic mass is 16.5. The number of methoxy groups -OCH3 is 1. The van der Waals surface area contributed by atoms with E-state index in [1.807, 2.05) is 36.7 Å². The van der Waals surface area contributed by atoms with Gasteiger partial charge in [0.2, 0.25) is 0 Å². The number of anilines is 1. The molecule has 4 heterocycles. The summed E-state index contributed by atoms with van der Waals surface area (Å²) >= 11 is 0. The highest BCUT2D eigenvalue weighted by Crippen LogP contribution is 2.48. The van der Waals surface area contributed by atoms with E-state index in [9.17, 15) is 0 Å². The van der Waals surface area contributed by atoms with Crippen LogP contribution in [0.5, 0.6) is 5.75 Å². The lowest BCUT2D eigenvalue weighted by molar-refractivity contribution is 0.0251. The van der Waals surface area contributed by atoms with Crippen molar-refractivity contribution in [3.63, 3.8) is 0 Å². The van der Waals surface area contributed by atoms with Crippen LogP contribution in [0.1, 0.15) is 29.9 Å². The maximum atomic E-state index is 6.40. The largest absolute Gasteiger partial charge is 0.496 e. The Hall–Kier alpha value is -2.07. The summed E-state index contributed by atoms with van der Waals surface area (Å²) in [5.41, 5.74) is 9.78. The molecule has 0 radical (unpaired) electrons. The number of nitrogens with two attached hydrogens (primary N) is 1. The van der Waals surface area contributed by atoms with Crippen LogP contribution in [0.2, 0.25) is 0 Å². The number of aromatic nitrogens is 1. The predicted octanol–water partition coefficient (Wildman–Crippen LogP) is 3.09. The smallest absolute Gasteiger partial charge is 0.124 e. The van der Waals surface area contributed by atoms with Crippen LogP contribution in [0.25, 0.3) is 0 Å². The van der Waals surface area contributed by atoms with Crippen molar-refractivity contribution in [2.45, 2.75) is 31.2 Å². The predicted molar refractivity (Wildman–Crippen MR) is 96.2 cm³/mol. The fourth-order valence-corrected chi connectivity index (χ4v) is 4.69. The third kappa shape index (κ3) is 2.65. The average Bonchev–Trinajstić information content (AvgIpc) is 2.64. The number of rotatable bonds is 4. The van der Waals surface area contributed by atoms with Gasteiger partial charge in [0.25, 0.3) is 0 Å². The van der Waals surface area contributed by atoms with E-state index in [-0.39, 0.29) is 0 Å². The molecule has 3 aliphatic heterocycles. The van der Waals surface area contributed by atoms with Gasteiger partial charge in [0.05, 0.1) is 7.11 Å². The van der Waals surface area contributed by atoms with E-state index in [0.29, 0.717) is 17.9 Å². The summed E-state index contributed by atoms with van der Waals surface area (Å²) in [6, 6.07) is 10.7. The number of ether oxygens (including phenoxy) is 1. The van der Waals surface area contributed by atoms with E-state index < -0.39 is 0 Å². The summed E-state index contributed by atoms with van der Waals surface area (Å²) in [5, 5.41) is 0. The Morgan fingerprint density at radius 1 is 1.21 bits per heavy atom. The number of pyridine rings is 1. The molecular formula is C20H25N3O. The van der Waals surface area contributed by atoms with Crippen molar-refractivity contribution in [3.05, 3.63) is 53.9 Å². The van der Waals surface area contributed by atoms with Crippen LogP contribution in [0.4, 0.5) is 5.69 Å². The molecule has 0 aliphatic carbocycles. The lowest BCUT2D eigenvalue weighted by atomic mass is 9.68. The molecule has 0 amide bonds. The Bertz CT molecular complexity index is 695. The summed E-state index contributed by atoms with van der Waals surface area (Å²) in [6.07, 6.45) is 7.36. The minimum atomic E-state index is 0.434. The van der Waals surface area contributed by atoms with E-state index in [1.54, 1.807) is 7.11 Å². The van der Waals surface area contributed by atoms with E-state index in [1.165, 1.54) is 37.1 Å². The molecule has 2 unspecified atom stereocenters. The number of hydrogen-bond donors (Lipinski definition) is 1. The zero-order valence-corrected chi connectivity index (χ0v) is 14.2. The second-order valence-electron chi connectivity index (χ2n) is 7.00. The second kappa shape index (κ2) is 6.44. The fraction of sp³-hybridized carbons (Fsp3) is 0.450. The maximum absolute atomic E-state index is 6.40. The van der Waals surface area contributed by atoms with Gasteiger partial charge in [-0.2, -0.15) is 0 Å². The van der Waals surface area contributed by atoms with Crippen LogP contribution >= 0.6 is 0 Å². The molecule has 0 spiro atoms. The van der Waals surface area contributed by atoms with Crippen molar-refractivity contribution in [1.29, 1.82) is 0 Å². The molecule has 4 nitrogen and oxygen atoms in total. The van der Waals surface area contributed by atoms with Crippen molar-refractivity contribution in [2.75, 3.05) is 25.9 Å². The lowest BCUT2D eigenvalue weighted by Crippen LogP contribution is -2.54. The summed E-state index contributed by atoms with van der Waals surface area (Å²) in [4.78, 5) is 6.94. The topological polar surface area (TPSA) is 51.4 Å². The number of piperidine rings is 3. The van der Waals surface area contributed by atoms with Gasteiger partial charge in [0.15, 0.2) is 0 Å². The number of nitrogen functional groups attached to an aromatic ring is 1. The van der Waals surface area contributed by atoms with Crippen molar-refractivity contribution in [2.24, 2.45) is 5.92 Å². The second-order valence-corrected chi connectivity index (χ2v) is 7.00. The molecule has 1 aromatic heterocycles. The number of nitrogens with zero attached hydrogens (tertiary/aromatic N) is 2. The van der Waals surface area contributed by atoms with Gasteiger partial charge in [-0.15, -0.1) is 0 Å². The molecule has 5 rings (SSSR count). The highest BCUT2D eigenvalue weighted by Gasteiger charge is 2.44. The normalized spacial score (nSPS) is 28.7. The Morgan fingerprint density at radius 3 is 2.75 bits per heavy atom. The van der Waals surface area contributed by atoms with Gasteiger partial charge in [-0.25, -0.2) is 0 Å². The van der Waals surface area contributed by atoms with Crippen LogP contribution < -0.4 is 10.5 Å². The molecule has 2 atom stereocenters. The molecule has 24 heavy (non-hydrogen) atoms. The van der Waals surface area contributed by atoms with Gasteiger partial charge in [-0.05, 0) is 62.0 Å². The van der Waals surface area contributed by atoms with Crippen LogP contribution in [-0.2, 0) is 6.42 Å². The molecule has 2 bridgehead atoms. The van der Waals surface area contributed by atoms with Gasteiger partial charge in [-0.1, -0.05) is 12.1 Å². The summed E-state index contributed by atoms with van der Waals surface area (Å²) in [6.45, 7) is 2.39. The van der Waals surface area contributed by atoms with Crippen molar-refractivity contribution < 1.29 is 4.74 Å². The third-order valence-corrected chi connectivity index (χ3v) is 5.79. The number of hydrogen-bond acceptors (Lipinski definition) is 4. The van der Waals surface area contributed by atoms with Crippen molar-refractivity contribution >= 4 is 5.69 Å². The molecule has 0 saturated carbocycles. The van der Waals surface area contributed by atoms with Gasteiger partial charge in [0, 0.05) is 35.6 Å². The Labute approximate surface area is 143 Å². The zero-order valence-electron chi connectivity index (χ0n) is 14.2. The summed E-state index contributed by atoms with van der Waals surface area (Å²) < 4.78 is 5.67. The van der Waals surface area contributed by atoms with E-state index in [2.05, 4.69) is 16.0 Å². The Kier molecular flexibility index (Phi) is 4.15. The SMILES string of the molecule is COc1cccc(N)c1C1C2CCN(CC2)C1Cc1cccnc1. The van der Waals surface area contributed by atoms with Gasteiger partial charge >= 0.3 is 0 Å². The van der Waals surface area contributed by atoms with Gasteiger partial charge < -0.3 is 10.5 Å². The van der Waals surface area contributed by atoms with Gasteiger partial charge in [0.1, 0.15) is 5.75 Å². The molecule has 1 aromatic carbocycles. The van der Waals surface area contributed by atoms with Crippen LogP contribution in [0.15, 0.2) is 42.7 Å². The minimum Gasteiger partial charge on any atom is -0.496 e. The van der Waals surface area contributed by atoms with Crippen LogP contribution in [-0.4, -0.2) is 36.1 Å². The maximum Gasteiger partial charge on any atom is 0.124 e. The standard InChI is InChI=1S/C20H25N3O/c1-24-18-6-2-5-16(21)20(18)19-15-7-10-23(11-8-15)17(19)12-14-4-3-9-22-13-14/h2-6,9,13,15,17,19H,7-8,10-12,21H2,1H3. The number of fused-ring (bicyclic) bond motifs is 3. The first-order valence-corrected chi connectivity index (χ1v) is 8.83. The monoisotopic (exact) mass is 323 g/mol. The molecule has 126 valence electrons. The first kappa shape index (κ1) is 15.5. The van der Waals surface area contributed by atoms with E-state index in [4.69, 9.17) is 10.5 Å². The first-order chi connectivity index (χ1) is 11.8. The van der Waals surface area contributed by atoms with E-state index in [0.717, 1.165) is 17.9 Å². The summed E-state index contributed by atoms with van der Waals surface area (Å²) in [5.74, 6) is 2.06. The zero-order chi connectivity index (χ0) is 16.5. The molecule has 4 heteroatoms. The lowest BCUT2D eigenvalue weighted by Gasteiger charge is -2.52. The minimum absolute atomic E-state index is 0.434. The molecule has 2 N–H and O–H groups in total.